The van der Waals surface area contributed by atoms with Gasteiger partial charge in [-0.2, -0.15) is 5.10 Å². The highest BCUT2D eigenvalue weighted by atomic mass is 32.2. The Bertz CT molecular complexity index is 307. The van der Waals surface area contributed by atoms with E-state index in [0.717, 1.165) is 5.56 Å². The van der Waals surface area contributed by atoms with Crippen molar-refractivity contribution in [3.05, 3.63) is 30.1 Å². The minimum absolute atomic E-state index is 0.445. The molecule has 0 saturated carbocycles. The van der Waals surface area contributed by atoms with Crippen molar-refractivity contribution in [3.8, 4) is 0 Å². The second-order valence-corrected chi connectivity index (χ2v) is 3.00. The Balaban J connectivity index is 2.60. The number of amidine groups is 1. The van der Waals surface area contributed by atoms with E-state index in [1.165, 1.54) is 11.8 Å². The smallest absolute Gasteiger partial charge is 0.180 e. The van der Waals surface area contributed by atoms with Crippen molar-refractivity contribution in [2.75, 3.05) is 6.26 Å². The topological polar surface area (TPSA) is 63.6 Å². The molecule has 13 heavy (non-hydrogen) atoms. The van der Waals surface area contributed by atoms with Crippen LogP contribution in [0.1, 0.15) is 5.56 Å². The molecule has 0 radical (unpaired) electrons. The third-order valence-corrected chi connectivity index (χ3v) is 1.76. The molecule has 0 aliphatic heterocycles. The van der Waals surface area contributed by atoms with Gasteiger partial charge < -0.3 is 5.73 Å². The third kappa shape index (κ3) is 3.71. The second-order valence-electron chi connectivity index (χ2n) is 2.17. The number of hydrogen-bond donors (Lipinski definition) is 1. The van der Waals surface area contributed by atoms with Crippen LogP contribution in [0.5, 0.6) is 0 Å². The molecule has 0 atom stereocenters. The van der Waals surface area contributed by atoms with Crippen LogP contribution >= 0.6 is 11.8 Å². The first-order valence-corrected chi connectivity index (χ1v) is 4.86. The standard InChI is InChI=1S/C8H10N4S/c1-13-8(9)12-11-6-7-3-2-4-10-5-7/h2-6H,1H3,(H2,9,12)/b11-6-. The van der Waals surface area contributed by atoms with Crippen molar-refractivity contribution in [1.82, 2.24) is 4.98 Å². The number of pyridine rings is 1. The Morgan fingerprint density at radius 2 is 2.54 bits per heavy atom. The first-order chi connectivity index (χ1) is 6.33. The molecule has 0 bridgehead atoms. The molecule has 0 unspecified atom stereocenters. The van der Waals surface area contributed by atoms with Gasteiger partial charge in [0.05, 0.1) is 6.21 Å². The summed E-state index contributed by atoms with van der Waals surface area (Å²) in [6.45, 7) is 0. The van der Waals surface area contributed by atoms with Crippen LogP contribution in [0.3, 0.4) is 0 Å². The van der Waals surface area contributed by atoms with Gasteiger partial charge in [0.1, 0.15) is 0 Å². The molecule has 0 fully saturated rings. The first-order valence-electron chi connectivity index (χ1n) is 3.63. The Morgan fingerprint density at radius 3 is 3.15 bits per heavy atom. The molecule has 0 aliphatic carbocycles. The Labute approximate surface area is 81.0 Å². The van der Waals surface area contributed by atoms with Gasteiger partial charge in [0.25, 0.3) is 0 Å². The minimum atomic E-state index is 0.445. The van der Waals surface area contributed by atoms with E-state index in [-0.39, 0.29) is 0 Å². The summed E-state index contributed by atoms with van der Waals surface area (Å²) in [5.74, 6) is 0. The van der Waals surface area contributed by atoms with Gasteiger partial charge in [-0.25, -0.2) is 0 Å². The molecule has 0 saturated heterocycles. The molecule has 68 valence electrons. The van der Waals surface area contributed by atoms with Gasteiger partial charge >= 0.3 is 0 Å². The van der Waals surface area contributed by atoms with E-state index in [2.05, 4.69) is 15.2 Å². The van der Waals surface area contributed by atoms with Gasteiger partial charge in [-0.3, -0.25) is 4.98 Å². The summed E-state index contributed by atoms with van der Waals surface area (Å²) in [5.41, 5.74) is 6.32. The maximum absolute atomic E-state index is 5.42. The van der Waals surface area contributed by atoms with Crippen molar-refractivity contribution in [3.63, 3.8) is 0 Å². The molecule has 0 spiro atoms. The third-order valence-electron chi connectivity index (χ3n) is 1.26. The number of rotatable bonds is 2. The Hall–Kier alpha value is -1.36. The zero-order valence-electron chi connectivity index (χ0n) is 7.21. The Kier molecular flexibility index (Phi) is 3.98. The van der Waals surface area contributed by atoms with Crippen molar-refractivity contribution in [2.45, 2.75) is 0 Å². The van der Waals surface area contributed by atoms with Gasteiger partial charge in [0.15, 0.2) is 5.17 Å². The maximum Gasteiger partial charge on any atom is 0.180 e. The van der Waals surface area contributed by atoms with E-state index in [9.17, 15) is 0 Å². The van der Waals surface area contributed by atoms with Crippen molar-refractivity contribution in [1.29, 1.82) is 0 Å². The van der Waals surface area contributed by atoms with Gasteiger partial charge in [-0.15, -0.1) is 5.10 Å². The van der Waals surface area contributed by atoms with E-state index < -0.39 is 0 Å². The van der Waals surface area contributed by atoms with Crippen molar-refractivity contribution >= 4 is 23.1 Å². The normalized spacial score (nSPS) is 12.2. The molecule has 1 rings (SSSR count). The van der Waals surface area contributed by atoms with E-state index in [1.54, 1.807) is 18.6 Å². The molecule has 0 aromatic carbocycles. The summed E-state index contributed by atoms with van der Waals surface area (Å²) in [7, 11) is 0. The molecule has 5 heteroatoms. The fourth-order valence-corrected chi connectivity index (χ4v) is 0.774. The van der Waals surface area contributed by atoms with E-state index >= 15 is 0 Å². The van der Waals surface area contributed by atoms with Crippen molar-refractivity contribution < 1.29 is 0 Å². The monoisotopic (exact) mass is 194 g/mol. The highest BCUT2D eigenvalue weighted by Crippen LogP contribution is 1.93. The average molecular weight is 194 g/mol. The summed E-state index contributed by atoms with van der Waals surface area (Å²) in [6, 6.07) is 3.73. The summed E-state index contributed by atoms with van der Waals surface area (Å²) in [4.78, 5) is 3.93. The summed E-state index contributed by atoms with van der Waals surface area (Å²) in [5, 5.41) is 7.97. The van der Waals surface area contributed by atoms with Crippen LogP contribution in [0.4, 0.5) is 0 Å². The molecule has 0 amide bonds. The number of aromatic nitrogens is 1. The second kappa shape index (κ2) is 5.31. The average Bonchev–Trinajstić information content (AvgIpc) is 2.19. The maximum atomic E-state index is 5.42. The molecular weight excluding hydrogens is 184 g/mol. The molecule has 4 nitrogen and oxygen atoms in total. The van der Waals surface area contributed by atoms with Crippen LogP contribution in [-0.2, 0) is 0 Å². The lowest BCUT2D eigenvalue weighted by Crippen LogP contribution is -2.03. The molecule has 2 N–H and O–H groups in total. The first kappa shape index (κ1) is 9.73. The van der Waals surface area contributed by atoms with Crippen LogP contribution in [0.15, 0.2) is 34.7 Å². The van der Waals surface area contributed by atoms with Gasteiger partial charge in [-0.1, -0.05) is 17.8 Å². The lowest BCUT2D eigenvalue weighted by molar-refractivity contribution is 1.24. The van der Waals surface area contributed by atoms with Crippen LogP contribution in [0.25, 0.3) is 0 Å². The molecule has 1 aromatic heterocycles. The van der Waals surface area contributed by atoms with Crippen LogP contribution in [0.2, 0.25) is 0 Å². The summed E-state index contributed by atoms with van der Waals surface area (Å²) >= 11 is 1.36. The quantitative estimate of drug-likeness (QED) is 0.435. The highest BCUT2D eigenvalue weighted by molar-refractivity contribution is 8.13. The zero-order chi connectivity index (χ0) is 9.52. The van der Waals surface area contributed by atoms with E-state index in [0.29, 0.717) is 5.17 Å². The van der Waals surface area contributed by atoms with Gasteiger partial charge in [0, 0.05) is 18.0 Å². The van der Waals surface area contributed by atoms with E-state index in [4.69, 9.17) is 5.73 Å². The predicted molar refractivity (Wildman–Crippen MR) is 57.0 cm³/mol. The summed E-state index contributed by atoms with van der Waals surface area (Å²) < 4.78 is 0. The number of nitrogens with two attached hydrogens (primary N) is 1. The van der Waals surface area contributed by atoms with Gasteiger partial charge in [0.2, 0.25) is 0 Å². The molecule has 1 aromatic rings. The lowest BCUT2D eigenvalue weighted by atomic mass is 10.3. The fourth-order valence-electron chi connectivity index (χ4n) is 0.646. The minimum Gasteiger partial charge on any atom is -0.377 e. The number of nitrogens with zero attached hydrogens (tertiary/aromatic N) is 3. The number of thioether (sulfide) groups is 1. The Morgan fingerprint density at radius 1 is 1.69 bits per heavy atom. The van der Waals surface area contributed by atoms with Crippen LogP contribution in [-0.4, -0.2) is 22.6 Å². The van der Waals surface area contributed by atoms with Crippen molar-refractivity contribution in [2.24, 2.45) is 15.9 Å². The zero-order valence-corrected chi connectivity index (χ0v) is 8.03. The van der Waals surface area contributed by atoms with Crippen LogP contribution < -0.4 is 5.73 Å². The van der Waals surface area contributed by atoms with E-state index in [1.807, 2.05) is 18.4 Å². The van der Waals surface area contributed by atoms with Gasteiger partial charge in [-0.05, 0) is 12.3 Å². The largest absolute Gasteiger partial charge is 0.377 e. The SMILES string of the molecule is CS/C(N)=N/N=C\c1cccnc1. The lowest BCUT2D eigenvalue weighted by Gasteiger charge is -1.89. The van der Waals surface area contributed by atoms with Crippen LogP contribution in [0, 0.1) is 0 Å². The molecular formula is C8H10N4S. The highest BCUT2D eigenvalue weighted by Gasteiger charge is 1.85. The predicted octanol–water partition coefficient (Wildman–Crippen LogP) is 1.09. The molecule has 0 aliphatic rings. The molecule has 1 heterocycles. The number of hydrogen-bond acceptors (Lipinski definition) is 4. The fraction of sp³-hybridized carbons (Fsp3) is 0.125. The summed E-state index contributed by atoms with van der Waals surface area (Å²) in [6.07, 6.45) is 6.86.